The molecule has 0 atom stereocenters. The van der Waals surface area contributed by atoms with Crippen molar-refractivity contribution >= 4 is 45.8 Å². The third-order valence-electron chi connectivity index (χ3n) is 4.74. The van der Waals surface area contributed by atoms with Crippen molar-refractivity contribution in [3.05, 3.63) is 87.9 Å². The van der Waals surface area contributed by atoms with Crippen molar-refractivity contribution in [1.82, 2.24) is 4.90 Å². The highest BCUT2D eigenvalue weighted by Crippen LogP contribution is 2.29. The van der Waals surface area contributed by atoms with Crippen LogP contribution in [0.4, 0.5) is 5.69 Å². The number of methoxy groups -OCH3 is 2. The predicted octanol–water partition coefficient (Wildman–Crippen LogP) is 7.45. The Morgan fingerprint density at radius 3 is 1.78 bits per heavy atom. The van der Waals surface area contributed by atoms with Crippen LogP contribution in [-0.2, 0) is 13.1 Å². The van der Waals surface area contributed by atoms with E-state index in [0.717, 1.165) is 39.2 Å². The molecule has 0 spiro atoms. The molecular weight excluding hydrogens is 463 g/mol. The normalized spacial score (nSPS) is 11.3. The Hall–Kier alpha value is -2.34. The smallest absolute Gasteiger partial charge is 0.164 e. The van der Waals surface area contributed by atoms with Gasteiger partial charge in [0.2, 0.25) is 0 Å². The third-order valence-corrected chi connectivity index (χ3v) is 6.37. The van der Waals surface area contributed by atoms with Gasteiger partial charge in [-0.15, -0.1) is 0 Å². The Morgan fingerprint density at radius 2 is 1.34 bits per heavy atom. The largest absolute Gasteiger partial charge is 0.497 e. The molecule has 0 N–H and O–H groups in total. The van der Waals surface area contributed by atoms with Gasteiger partial charge in [-0.1, -0.05) is 66.2 Å². The van der Waals surface area contributed by atoms with E-state index in [1.165, 1.54) is 0 Å². The second kappa shape index (κ2) is 12.0. The summed E-state index contributed by atoms with van der Waals surface area (Å²) in [5.41, 5.74) is 3.10. The molecule has 0 saturated heterocycles. The van der Waals surface area contributed by atoms with Crippen LogP contribution in [-0.4, -0.2) is 30.0 Å². The maximum absolute atomic E-state index is 6.23. The van der Waals surface area contributed by atoms with Crippen molar-refractivity contribution in [3.8, 4) is 11.5 Å². The molecule has 0 heterocycles. The number of amidine groups is 1. The molecule has 0 aromatic heterocycles. The molecule has 0 aliphatic heterocycles. The highest BCUT2D eigenvalue weighted by Gasteiger charge is 2.15. The Bertz CT molecular complexity index is 991. The van der Waals surface area contributed by atoms with E-state index in [2.05, 4.69) is 36.1 Å². The minimum atomic E-state index is 0.491. The lowest BCUT2D eigenvalue weighted by Gasteiger charge is -2.26. The number of hydrogen-bond acceptors (Lipinski definition) is 4. The van der Waals surface area contributed by atoms with Gasteiger partial charge in [-0.3, -0.25) is 0 Å². The summed E-state index contributed by atoms with van der Waals surface area (Å²) in [5.74, 6) is 2.56. The molecule has 0 radical (unpaired) electrons. The predicted molar refractivity (Wildman–Crippen MR) is 137 cm³/mol. The Morgan fingerprint density at radius 1 is 0.812 bits per heavy atom. The zero-order valence-electron chi connectivity index (χ0n) is 18.3. The monoisotopic (exact) mass is 488 g/mol. The maximum Gasteiger partial charge on any atom is 0.164 e. The zero-order chi connectivity index (χ0) is 22.9. The molecule has 3 rings (SSSR count). The summed E-state index contributed by atoms with van der Waals surface area (Å²) >= 11 is 14.0. The van der Waals surface area contributed by atoms with Gasteiger partial charge < -0.3 is 14.4 Å². The number of thioether (sulfide) groups is 1. The summed E-state index contributed by atoms with van der Waals surface area (Å²) in [6.45, 7) is 3.51. The van der Waals surface area contributed by atoms with Crippen LogP contribution in [0.1, 0.15) is 18.1 Å². The average molecular weight is 489 g/mol. The molecule has 0 saturated carbocycles. The van der Waals surface area contributed by atoms with Crippen molar-refractivity contribution in [1.29, 1.82) is 0 Å². The SMILES string of the molecule is CCSC(=Nc1ccc(Cl)c(Cl)c1)N(Cc1ccc(OC)cc1)Cc1ccc(OC)cc1. The topological polar surface area (TPSA) is 34.1 Å². The molecular formula is C25H26Cl2N2O2S. The fourth-order valence-corrected chi connectivity index (χ4v) is 4.11. The van der Waals surface area contributed by atoms with Gasteiger partial charge >= 0.3 is 0 Å². The number of rotatable bonds is 8. The number of ether oxygens (including phenoxy) is 2. The van der Waals surface area contributed by atoms with Gasteiger partial charge in [0.25, 0.3) is 0 Å². The van der Waals surface area contributed by atoms with Crippen LogP contribution in [0.5, 0.6) is 11.5 Å². The number of hydrogen-bond donors (Lipinski definition) is 0. The van der Waals surface area contributed by atoms with E-state index in [9.17, 15) is 0 Å². The van der Waals surface area contributed by atoms with E-state index in [-0.39, 0.29) is 0 Å². The molecule has 0 unspecified atom stereocenters. The summed E-state index contributed by atoms with van der Waals surface area (Å²) in [5, 5.41) is 1.92. The molecule has 168 valence electrons. The number of halogens is 2. The standard InChI is InChI=1S/C25H26Cl2N2O2S/c1-4-32-25(28-20-9-14-23(26)24(27)15-20)29(16-18-5-10-21(30-2)11-6-18)17-19-7-12-22(31-3)13-8-19/h5-15H,4,16-17H2,1-3H3. The molecule has 0 bridgehead atoms. The molecule has 0 aliphatic carbocycles. The lowest BCUT2D eigenvalue weighted by Crippen LogP contribution is -2.28. The highest BCUT2D eigenvalue weighted by atomic mass is 35.5. The van der Waals surface area contributed by atoms with Gasteiger partial charge in [-0.05, 0) is 59.3 Å². The van der Waals surface area contributed by atoms with Crippen LogP contribution in [0.3, 0.4) is 0 Å². The van der Waals surface area contributed by atoms with Crippen LogP contribution >= 0.6 is 35.0 Å². The van der Waals surface area contributed by atoms with Crippen LogP contribution in [0.15, 0.2) is 71.7 Å². The average Bonchev–Trinajstić information content (AvgIpc) is 2.81. The van der Waals surface area contributed by atoms with E-state index in [1.54, 1.807) is 38.1 Å². The van der Waals surface area contributed by atoms with Crippen LogP contribution in [0.25, 0.3) is 0 Å². The minimum absolute atomic E-state index is 0.491. The first-order valence-electron chi connectivity index (χ1n) is 10.2. The number of nitrogens with zero attached hydrogens (tertiary/aromatic N) is 2. The highest BCUT2D eigenvalue weighted by molar-refractivity contribution is 8.13. The molecule has 0 amide bonds. The first-order valence-corrected chi connectivity index (χ1v) is 11.9. The van der Waals surface area contributed by atoms with Crippen molar-refractivity contribution in [3.63, 3.8) is 0 Å². The summed E-state index contributed by atoms with van der Waals surface area (Å²) < 4.78 is 10.6. The molecule has 7 heteroatoms. The van der Waals surface area contributed by atoms with Gasteiger partial charge in [0.05, 0.1) is 30.0 Å². The molecule has 4 nitrogen and oxygen atoms in total. The van der Waals surface area contributed by atoms with E-state index in [1.807, 2.05) is 30.3 Å². The van der Waals surface area contributed by atoms with Gasteiger partial charge in [0.15, 0.2) is 5.17 Å². The summed E-state index contributed by atoms with van der Waals surface area (Å²) in [6, 6.07) is 21.7. The van der Waals surface area contributed by atoms with E-state index in [0.29, 0.717) is 23.1 Å². The summed E-state index contributed by atoms with van der Waals surface area (Å²) in [4.78, 5) is 7.19. The van der Waals surface area contributed by atoms with Crippen molar-refractivity contribution in [2.75, 3.05) is 20.0 Å². The van der Waals surface area contributed by atoms with Gasteiger partial charge in [-0.2, -0.15) is 0 Å². The molecule has 0 aliphatic rings. The van der Waals surface area contributed by atoms with Crippen molar-refractivity contribution < 1.29 is 9.47 Å². The Kier molecular flexibility index (Phi) is 9.15. The summed E-state index contributed by atoms with van der Waals surface area (Å²) in [6.07, 6.45) is 0. The second-order valence-corrected chi connectivity index (χ2v) is 9.02. The molecule has 3 aromatic rings. The third kappa shape index (κ3) is 6.83. The van der Waals surface area contributed by atoms with Crippen molar-refractivity contribution in [2.24, 2.45) is 4.99 Å². The minimum Gasteiger partial charge on any atom is -0.497 e. The fourth-order valence-electron chi connectivity index (χ4n) is 3.08. The zero-order valence-corrected chi connectivity index (χ0v) is 20.7. The quantitative estimate of drug-likeness (QED) is 0.243. The van der Waals surface area contributed by atoms with E-state index < -0.39 is 0 Å². The van der Waals surface area contributed by atoms with Gasteiger partial charge in [-0.25, -0.2) is 4.99 Å². The molecule has 32 heavy (non-hydrogen) atoms. The fraction of sp³-hybridized carbons (Fsp3) is 0.240. The van der Waals surface area contributed by atoms with Crippen molar-refractivity contribution in [2.45, 2.75) is 20.0 Å². The molecule has 3 aromatic carbocycles. The van der Waals surface area contributed by atoms with E-state index in [4.69, 9.17) is 37.7 Å². The molecule has 0 fully saturated rings. The second-order valence-electron chi connectivity index (χ2n) is 6.98. The van der Waals surface area contributed by atoms with Crippen LogP contribution in [0, 0.1) is 0 Å². The maximum atomic E-state index is 6.23. The number of benzene rings is 3. The van der Waals surface area contributed by atoms with Gasteiger partial charge in [0.1, 0.15) is 11.5 Å². The van der Waals surface area contributed by atoms with Gasteiger partial charge in [0, 0.05) is 13.1 Å². The number of aliphatic imine (C=N–C) groups is 1. The van der Waals surface area contributed by atoms with Crippen LogP contribution < -0.4 is 9.47 Å². The Labute approximate surface area is 204 Å². The van der Waals surface area contributed by atoms with E-state index >= 15 is 0 Å². The lowest BCUT2D eigenvalue weighted by molar-refractivity contribution is 0.405. The van der Waals surface area contributed by atoms with Crippen LogP contribution in [0.2, 0.25) is 10.0 Å². The Balaban J connectivity index is 1.95. The summed E-state index contributed by atoms with van der Waals surface area (Å²) in [7, 11) is 3.34. The first-order chi connectivity index (χ1) is 15.5. The lowest BCUT2D eigenvalue weighted by atomic mass is 10.1. The first kappa shape index (κ1) is 24.3.